The van der Waals surface area contributed by atoms with Crippen LogP contribution in [0.15, 0.2) is 73.1 Å². The fourth-order valence-corrected chi connectivity index (χ4v) is 3.74. The van der Waals surface area contributed by atoms with Gasteiger partial charge in [-0.15, -0.1) is 0 Å². The molecular formula is C26H30N6O2. The van der Waals surface area contributed by atoms with Crippen molar-refractivity contribution in [3.8, 4) is 0 Å². The molecule has 2 heterocycles. The van der Waals surface area contributed by atoms with Crippen molar-refractivity contribution >= 4 is 17.6 Å². The summed E-state index contributed by atoms with van der Waals surface area (Å²) < 4.78 is 0. The minimum absolute atomic E-state index is 0.106. The lowest BCUT2D eigenvalue weighted by atomic mass is 10.1. The van der Waals surface area contributed by atoms with E-state index in [1.165, 1.54) is 5.56 Å². The molecule has 1 fully saturated rings. The SMILES string of the molecule is O=C(NCc1cccnc1)Nc1ccc(CNC(=O)c2ccc(CN3CCNCC3)cc2)cc1. The second-order valence-corrected chi connectivity index (χ2v) is 8.27. The Bertz CT molecular complexity index is 1060. The van der Waals surface area contributed by atoms with Crippen LogP contribution in [-0.4, -0.2) is 48.0 Å². The number of piperazine rings is 1. The molecule has 0 radical (unpaired) electrons. The highest BCUT2D eigenvalue weighted by Gasteiger charge is 2.11. The van der Waals surface area contributed by atoms with Gasteiger partial charge in [0.2, 0.25) is 0 Å². The number of carbonyl (C=O) groups is 2. The summed E-state index contributed by atoms with van der Waals surface area (Å²) in [5.74, 6) is -0.106. The van der Waals surface area contributed by atoms with Crippen LogP contribution in [0.2, 0.25) is 0 Å². The van der Waals surface area contributed by atoms with Gasteiger partial charge in [0.1, 0.15) is 0 Å². The molecular weight excluding hydrogens is 428 g/mol. The molecule has 2 aromatic carbocycles. The Labute approximate surface area is 199 Å². The quantitative estimate of drug-likeness (QED) is 0.416. The fourth-order valence-electron chi connectivity index (χ4n) is 3.74. The van der Waals surface area contributed by atoms with Gasteiger partial charge in [-0.05, 0) is 47.0 Å². The number of hydrogen-bond donors (Lipinski definition) is 4. The zero-order valence-electron chi connectivity index (χ0n) is 19.1. The predicted molar refractivity (Wildman–Crippen MR) is 132 cm³/mol. The molecule has 0 unspecified atom stereocenters. The molecule has 0 atom stereocenters. The summed E-state index contributed by atoms with van der Waals surface area (Å²) in [7, 11) is 0. The standard InChI is InChI=1S/C26H30N6O2/c33-25(23-7-3-21(4-8-23)19-32-14-12-27-13-15-32)29-17-20-5-9-24(10-6-20)31-26(34)30-18-22-2-1-11-28-16-22/h1-11,16,27H,12-15,17-19H2,(H,29,33)(H2,30,31,34). The average molecular weight is 459 g/mol. The van der Waals surface area contributed by atoms with Crippen molar-refractivity contribution in [2.75, 3.05) is 31.5 Å². The van der Waals surface area contributed by atoms with Gasteiger partial charge in [-0.25, -0.2) is 4.79 Å². The van der Waals surface area contributed by atoms with Gasteiger partial charge in [-0.1, -0.05) is 30.3 Å². The van der Waals surface area contributed by atoms with Crippen LogP contribution in [0.25, 0.3) is 0 Å². The molecule has 4 rings (SSSR count). The van der Waals surface area contributed by atoms with Gasteiger partial charge in [0.15, 0.2) is 0 Å². The lowest BCUT2D eigenvalue weighted by molar-refractivity contribution is 0.0951. The smallest absolute Gasteiger partial charge is 0.319 e. The van der Waals surface area contributed by atoms with E-state index in [2.05, 4.69) is 31.2 Å². The normalized spacial score (nSPS) is 13.8. The summed E-state index contributed by atoms with van der Waals surface area (Å²) in [4.78, 5) is 31.0. The molecule has 1 aliphatic heterocycles. The largest absolute Gasteiger partial charge is 0.348 e. The molecule has 8 nitrogen and oxygen atoms in total. The maximum absolute atomic E-state index is 12.5. The van der Waals surface area contributed by atoms with E-state index < -0.39 is 0 Å². The summed E-state index contributed by atoms with van der Waals surface area (Å²) in [6, 6.07) is 18.6. The molecule has 4 N–H and O–H groups in total. The van der Waals surface area contributed by atoms with Crippen LogP contribution in [0.1, 0.15) is 27.0 Å². The molecule has 1 aliphatic rings. The summed E-state index contributed by atoms with van der Waals surface area (Å²) >= 11 is 0. The molecule has 0 bridgehead atoms. The Kier molecular flexibility index (Phi) is 8.21. The second-order valence-electron chi connectivity index (χ2n) is 8.27. The Balaban J connectivity index is 1.20. The number of urea groups is 1. The number of aromatic nitrogens is 1. The van der Waals surface area contributed by atoms with Crippen LogP contribution < -0.4 is 21.3 Å². The van der Waals surface area contributed by atoms with Gasteiger partial charge in [0, 0.05) is 69.5 Å². The first-order valence-corrected chi connectivity index (χ1v) is 11.5. The Morgan fingerprint density at radius 3 is 2.26 bits per heavy atom. The number of hydrogen-bond acceptors (Lipinski definition) is 5. The molecule has 1 saturated heterocycles. The van der Waals surface area contributed by atoms with Crippen molar-refractivity contribution in [3.63, 3.8) is 0 Å². The van der Waals surface area contributed by atoms with E-state index in [-0.39, 0.29) is 11.9 Å². The number of nitrogens with one attached hydrogen (secondary N) is 4. The zero-order valence-corrected chi connectivity index (χ0v) is 19.1. The third kappa shape index (κ3) is 7.13. The summed E-state index contributed by atoms with van der Waals surface area (Å²) in [6.45, 7) is 5.87. The van der Waals surface area contributed by atoms with Gasteiger partial charge >= 0.3 is 6.03 Å². The molecule has 8 heteroatoms. The average Bonchev–Trinajstić information content (AvgIpc) is 2.88. The highest BCUT2D eigenvalue weighted by molar-refractivity contribution is 5.94. The molecule has 0 saturated carbocycles. The van der Waals surface area contributed by atoms with Crippen molar-refractivity contribution in [1.29, 1.82) is 0 Å². The van der Waals surface area contributed by atoms with E-state index in [1.54, 1.807) is 12.4 Å². The van der Waals surface area contributed by atoms with Gasteiger partial charge in [-0.2, -0.15) is 0 Å². The van der Waals surface area contributed by atoms with Crippen LogP contribution in [0.4, 0.5) is 10.5 Å². The van der Waals surface area contributed by atoms with E-state index in [0.29, 0.717) is 24.3 Å². The van der Waals surface area contributed by atoms with Crippen molar-refractivity contribution < 1.29 is 9.59 Å². The number of amides is 3. The summed E-state index contributed by atoms with van der Waals surface area (Å²) in [5, 5.41) is 11.9. The molecule has 176 valence electrons. The Morgan fingerprint density at radius 2 is 1.56 bits per heavy atom. The predicted octanol–water partition coefficient (Wildman–Crippen LogP) is 2.74. The van der Waals surface area contributed by atoms with Crippen molar-refractivity contribution in [2.24, 2.45) is 0 Å². The van der Waals surface area contributed by atoms with E-state index in [9.17, 15) is 9.59 Å². The van der Waals surface area contributed by atoms with Gasteiger partial charge in [0.25, 0.3) is 5.91 Å². The molecule has 0 spiro atoms. The third-order valence-electron chi connectivity index (χ3n) is 5.67. The van der Waals surface area contributed by atoms with Crippen LogP contribution in [-0.2, 0) is 19.6 Å². The number of rotatable bonds is 8. The molecule has 3 aromatic rings. The summed E-state index contributed by atoms with van der Waals surface area (Å²) in [6.07, 6.45) is 3.41. The topological polar surface area (TPSA) is 98.4 Å². The Morgan fingerprint density at radius 1 is 0.853 bits per heavy atom. The van der Waals surface area contributed by atoms with Crippen LogP contribution in [0.5, 0.6) is 0 Å². The molecule has 34 heavy (non-hydrogen) atoms. The van der Waals surface area contributed by atoms with E-state index in [0.717, 1.165) is 43.9 Å². The number of carbonyl (C=O) groups excluding carboxylic acids is 2. The van der Waals surface area contributed by atoms with Crippen LogP contribution >= 0.6 is 0 Å². The summed E-state index contributed by atoms with van der Waals surface area (Å²) in [5.41, 5.74) is 4.42. The Hall–Kier alpha value is -3.75. The van der Waals surface area contributed by atoms with Crippen LogP contribution in [0.3, 0.4) is 0 Å². The zero-order chi connectivity index (χ0) is 23.6. The van der Waals surface area contributed by atoms with Crippen molar-refractivity contribution in [2.45, 2.75) is 19.6 Å². The van der Waals surface area contributed by atoms with Gasteiger partial charge < -0.3 is 21.3 Å². The van der Waals surface area contributed by atoms with Crippen molar-refractivity contribution in [1.82, 2.24) is 25.8 Å². The maximum atomic E-state index is 12.5. The number of nitrogens with zero attached hydrogens (tertiary/aromatic N) is 2. The van der Waals surface area contributed by atoms with E-state index in [4.69, 9.17) is 0 Å². The van der Waals surface area contributed by atoms with Gasteiger partial charge in [-0.3, -0.25) is 14.7 Å². The lowest BCUT2D eigenvalue weighted by Gasteiger charge is -2.27. The van der Waals surface area contributed by atoms with Crippen LogP contribution in [0, 0.1) is 0 Å². The fraction of sp³-hybridized carbons (Fsp3) is 0.269. The highest BCUT2D eigenvalue weighted by atomic mass is 16.2. The van der Waals surface area contributed by atoms with Gasteiger partial charge in [0.05, 0.1) is 0 Å². The first-order valence-electron chi connectivity index (χ1n) is 11.5. The first kappa shape index (κ1) is 23.4. The minimum Gasteiger partial charge on any atom is -0.348 e. The monoisotopic (exact) mass is 458 g/mol. The second kappa shape index (κ2) is 11.9. The number of pyridine rings is 1. The number of anilines is 1. The molecule has 0 aliphatic carbocycles. The molecule has 1 aromatic heterocycles. The first-order chi connectivity index (χ1) is 16.7. The van der Waals surface area contributed by atoms with E-state index in [1.807, 2.05) is 60.7 Å². The number of benzene rings is 2. The highest BCUT2D eigenvalue weighted by Crippen LogP contribution is 2.11. The third-order valence-corrected chi connectivity index (χ3v) is 5.67. The molecule has 3 amide bonds. The van der Waals surface area contributed by atoms with E-state index >= 15 is 0 Å². The maximum Gasteiger partial charge on any atom is 0.319 e. The van der Waals surface area contributed by atoms with Crippen molar-refractivity contribution in [3.05, 3.63) is 95.3 Å². The lowest BCUT2D eigenvalue weighted by Crippen LogP contribution is -2.42. The minimum atomic E-state index is -0.287.